The Bertz CT molecular complexity index is 1180. The average molecular weight is 521 g/mol. The molecular weight excluding hydrogens is 494 g/mol. The molecule has 7 nitrogen and oxygen atoms in total. The molecule has 0 saturated heterocycles. The van der Waals surface area contributed by atoms with Crippen LogP contribution in [0.4, 0.5) is 8.78 Å². The fourth-order valence-electron chi connectivity index (χ4n) is 5.58. The first-order valence-electron chi connectivity index (χ1n) is 12.0. The summed E-state index contributed by atoms with van der Waals surface area (Å²) in [7, 11) is 0. The number of fused-ring (bicyclic) bond motifs is 4. The molecule has 2 aromatic carbocycles. The van der Waals surface area contributed by atoms with Crippen LogP contribution < -0.4 is 20.1 Å². The van der Waals surface area contributed by atoms with Crippen LogP contribution in [0.1, 0.15) is 44.1 Å². The molecule has 0 aromatic heterocycles. The zero-order valence-corrected chi connectivity index (χ0v) is 20.2. The van der Waals surface area contributed by atoms with Gasteiger partial charge in [0.05, 0.1) is 16.7 Å². The fourth-order valence-corrected chi connectivity index (χ4v) is 5.69. The van der Waals surface area contributed by atoms with E-state index in [2.05, 4.69) is 10.6 Å². The third-order valence-corrected chi connectivity index (χ3v) is 7.93. The number of halogens is 3. The zero-order valence-electron chi connectivity index (χ0n) is 19.5. The normalized spacial score (nSPS) is 28.6. The lowest BCUT2D eigenvalue weighted by molar-refractivity contribution is -0.140. The van der Waals surface area contributed by atoms with Crippen LogP contribution in [-0.2, 0) is 16.0 Å². The number of hydrogen-bond acceptors (Lipinski definition) is 5. The van der Waals surface area contributed by atoms with E-state index in [4.69, 9.17) is 21.1 Å². The third kappa shape index (κ3) is 4.86. The molecule has 6 rings (SSSR count). The first-order chi connectivity index (χ1) is 17.2. The van der Waals surface area contributed by atoms with E-state index in [-0.39, 0.29) is 35.0 Å². The minimum absolute atomic E-state index is 0.0325. The van der Waals surface area contributed by atoms with Crippen molar-refractivity contribution in [2.45, 2.75) is 68.2 Å². The van der Waals surface area contributed by atoms with E-state index in [0.29, 0.717) is 50.7 Å². The molecular formula is C26H27ClF2N2O5. The number of ether oxygens (including phenoxy) is 2. The van der Waals surface area contributed by atoms with Crippen molar-refractivity contribution in [2.24, 2.45) is 0 Å². The van der Waals surface area contributed by atoms with Gasteiger partial charge in [0, 0.05) is 11.6 Å². The number of rotatable bonds is 6. The number of carbonyl (C=O) groups is 2. The topological polar surface area (TPSA) is 96.9 Å². The maximum Gasteiger partial charge on any atom is 0.261 e. The second kappa shape index (κ2) is 9.52. The van der Waals surface area contributed by atoms with Crippen LogP contribution >= 0.6 is 11.6 Å². The number of aryl methyl sites for hydroxylation is 1. The molecule has 3 N–H and O–H groups in total. The molecule has 36 heavy (non-hydrogen) atoms. The van der Waals surface area contributed by atoms with Crippen LogP contribution in [0.5, 0.6) is 11.5 Å². The quantitative estimate of drug-likeness (QED) is 0.542. The van der Waals surface area contributed by atoms with E-state index in [1.54, 1.807) is 0 Å². The van der Waals surface area contributed by atoms with Crippen LogP contribution in [0.15, 0.2) is 36.4 Å². The predicted molar refractivity (Wildman–Crippen MR) is 127 cm³/mol. The van der Waals surface area contributed by atoms with Crippen molar-refractivity contribution in [3.63, 3.8) is 0 Å². The van der Waals surface area contributed by atoms with Crippen molar-refractivity contribution in [2.75, 3.05) is 6.61 Å². The van der Waals surface area contributed by atoms with Gasteiger partial charge in [-0.05, 0) is 80.8 Å². The highest BCUT2D eigenvalue weighted by Crippen LogP contribution is 2.47. The summed E-state index contributed by atoms with van der Waals surface area (Å²) in [6, 6.07) is 8.20. The van der Waals surface area contributed by atoms with Gasteiger partial charge in [0.25, 0.3) is 11.8 Å². The van der Waals surface area contributed by atoms with Gasteiger partial charge in [-0.15, -0.1) is 0 Å². The number of hydrogen-bond donors (Lipinski definition) is 3. The highest BCUT2D eigenvalue weighted by Gasteiger charge is 2.55. The third-order valence-electron chi connectivity index (χ3n) is 7.62. The minimum Gasteiger partial charge on any atom is -0.484 e. The van der Waals surface area contributed by atoms with Crippen LogP contribution in [0.2, 0.25) is 5.02 Å². The van der Waals surface area contributed by atoms with E-state index in [9.17, 15) is 23.5 Å². The Labute approximate surface area is 212 Å². The van der Waals surface area contributed by atoms with E-state index in [1.807, 2.05) is 0 Å². The summed E-state index contributed by atoms with van der Waals surface area (Å²) in [5.74, 6) is -0.957. The number of aliphatic hydroxyl groups excluding tert-OH is 1. The summed E-state index contributed by atoms with van der Waals surface area (Å²) in [6.07, 6.45) is 1.84. The first-order valence-corrected chi connectivity index (χ1v) is 12.4. The summed E-state index contributed by atoms with van der Waals surface area (Å²) in [5, 5.41) is 17.0. The lowest BCUT2D eigenvalue weighted by Crippen LogP contribution is -2.71. The fraction of sp³-hybridized carbons (Fsp3) is 0.462. The summed E-state index contributed by atoms with van der Waals surface area (Å²) >= 11 is 5.66. The summed E-state index contributed by atoms with van der Waals surface area (Å²) in [6.45, 7) is -0.300. The van der Waals surface area contributed by atoms with Gasteiger partial charge in [-0.25, -0.2) is 8.78 Å². The van der Waals surface area contributed by atoms with E-state index in [0.717, 1.165) is 11.6 Å². The first kappa shape index (κ1) is 24.8. The molecule has 1 heterocycles. The van der Waals surface area contributed by atoms with Crippen LogP contribution in [0.3, 0.4) is 0 Å². The van der Waals surface area contributed by atoms with Crippen molar-refractivity contribution in [3.8, 4) is 11.5 Å². The molecule has 4 aliphatic rings. The van der Waals surface area contributed by atoms with Crippen LogP contribution in [0, 0.1) is 11.6 Å². The molecule has 2 atom stereocenters. The van der Waals surface area contributed by atoms with Crippen molar-refractivity contribution in [1.29, 1.82) is 0 Å². The van der Waals surface area contributed by atoms with Gasteiger partial charge in [-0.3, -0.25) is 9.59 Å². The lowest BCUT2D eigenvalue weighted by Gasteiger charge is -2.56. The van der Waals surface area contributed by atoms with Crippen LogP contribution in [-0.4, -0.2) is 46.8 Å². The molecule has 2 aromatic rings. The Morgan fingerprint density at radius 3 is 2.61 bits per heavy atom. The van der Waals surface area contributed by atoms with Gasteiger partial charge >= 0.3 is 0 Å². The molecule has 3 saturated carbocycles. The van der Waals surface area contributed by atoms with Crippen molar-refractivity contribution >= 4 is 23.4 Å². The number of benzene rings is 2. The van der Waals surface area contributed by atoms with Crippen molar-refractivity contribution in [3.05, 3.63) is 58.6 Å². The second-order valence-electron chi connectivity index (χ2n) is 9.96. The second-order valence-corrected chi connectivity index (χ2v) is 10.4. The molecule has 2 bridgehead atoms. The summed E-state index contributed by atoms with van der Waals surface area (Å²) < 4.78 is 38.2. The van der Waals surface area contributed by atoms with Gasteiger partial charge in [0.2, 0.25) is 0 Å². The Kier molecular flexibility index (Phi) is 6.55. The Hall–Kier alpha value is -2.91. The Balaban J connectivity index is 1.16. The molecule has 3 aliphatic carbocycles. The lowest BCUT2D eigenvalue weighted by atomic mass is 9.59. The monoisotopic (exact) mass is 520 g/mol. The van der Waals surface area contributed by atoms with Crippen LogP contribution in [0.25, 0.3) is 0 Å². The maximum absolute atomic E-state index is 13.6. The smallest absolute Gasteiger partial charge is 0.261 e. The van der Waals surface area contributed by atoms with Gasteiger partial charge in [-0.2, -0.15) is 0 Å². The van der Waals surface area contributed by atoms with E-state index >= 15 is 0 Å². The minimum atomic E-state index is -0.847. The van der Waals surface area contributed by atoms with Crippen molar-refractivity contribution in [1.82, 2.24) is 10.6 Å². The number of carbonyl (C=O) groups excluding carboxylic acids is 2. The standard InChI is InChI=1S/C26H27ClF2N2O5/c27-18-4-3-17(12-19(18)29)35-14-23(33)30-25-7-9-26(10-8-25,22(32)13-25)31-24(34)21-5-1-15-11-16(28)2-6-20(15)36-21/h2-4,6,11-12,21-22,32H,1,5,7-10,13-14H2,(H,30,33)(H,31,34)/t21-,22+,25?,26?/m0/s1. The number of aliphatic hydroxyl groups is 1. The van der Waals surface area contributed by atoms with Gasteiger partial charge in [0.1, 0.15) is 23.1 Å². The molecule has 10 heteroatoms. The molecule has 2 amide bonds. The van der Waals surface area contributed by atoms with Gasteiger partial charge in [-0.1, -0.05) is 11.6 Å². The average Bonchev–Trinajstić information content (AvgIpc) is 2.85. The molecule has 1 aliphatic heterocycles. The molecule has 0 radical (unpaired) electrons. The highest BCUT2D eigenvalue weighted by atomic mass is 35.5. The Morgan fingerprint density at radius 1 is 1.11 bits per heavy atom. The summed E-state index contributed by atoms with van der Waals surface area (Å²) in [4.78, 5) is 25.6. The SMILES string of the molecule is O=C(COc1ccc(Cl)c(F)c1)NC12CCC(NC(=O)[C@@H]3CCc4cc(F)ccc4O3)(CC1)[C@H](O)C2. The largest absolute Gasteiger partial charge is 0.484 e. The molecule has 3 fully saturated rings. The predicted octanol–water partition coefficient (Wildman–Crippen LogP) is 3.44. The number of nitrogens with one attached hydrogen (secondary N) is 2. The zero-order chi connectivity index (χ0) is 25.5. The van der Waals surface area contributed by atoms with Crippen molar-refractivity contribution < 1.29 is 33.0 Å². The Morgan fingerprint density at radius 2 is 1.89 bits per heavy atom. The maximum atomic E-state index is 13.6. The highest BCUT2D eigenvalue weighted by molar-refractivity contribution is 6.30. The molecule has 0 spiro atoms. The molecule has 192 valence electrons. The van der Waals surface area contributed by atoms with Gasteiger partial charge in [0.15, 0.2) is 12.7 Å². The summed E-state index contributed by atoms with van der Waals surface area (Å²) in [5.41, 5.74) is -0.645. The molecule has 0 unspecified atom stereocenters. The van der Waals surface area contributed by atoms with Gasteiger partial charge < -0.3 is 25.2 Å². The van der Waals surface area contributed by atoms with E-state index < -0.39 is 29.1 Å². The number of amides is 2. The van der Waals surface area contributed by atoms with E-state index in [1.165, 1.54) is 30.3 Å².